The van der Waals surface area contributed by atoms with E-state index >= 15 is 0 Å². The van der Waals surface area contributed by atoms with Crippen LogP contribution in [0, 0.1) is 0 Å². The molecule has 0 radical (unpaired) electrons. The molecule has 0 aliphatic carbocycles. The first-order valence-corrected chi connectivity index (χ1v) is 10.3. The first-order valence-electron chi connectivity index (χ1n) is 10.3. The number of hydrogen-bond donors (Lipinski definition) is 2. The molecule has 1 aromatic carbocycles. The summed E-state index contributed by atoms with van der Waals surface area (Å²) in [5, 5.41) is 5.80. The van der Waals surface area contributed by atoms with Gasteiger partial charge in [-0.1, -0.05) is 38.1 Å². The van der Waals surface area contributed by atoms with E-state index in [0.29, 0.717) is 19.0 Å². The van der Waals surface area contributed by atoms with Crippen LogP contribution in [-0.4, -0.2) is 85.5 Å². The van der Waals surface area contributed by atoms with Crippen molar-refractivity contribution in [2.45, 2.75) is 26.3 Å². The maximum absolute atomic E-state index is 11.6. The molecule has 2 N–H and O–H groups in total. The number of guanidine groups is 1. The number of piperazine rings is 1. The molecular formula is C21H33IN6O2. The van der Waals surface area contributed by atoms with E-state index in [1.54, 1.807) is 7.05 Å². The van der Waals surface area contributed by atoms with Crippen LogP contribution in [0.4, 0.5) is 4.79 Å². The molecule has 8 nitrogen and oxygen atoms in total. The summed E-state index contributed by atoms with van der Waals surface area (Å²) in [6.07, 6.45) is 0. The summed E-state index contributed by atoms with van der Waals surface area (Å²) in [6, 6.07) is 8.61. The smallest absolute Gasteiger partial charge is 0.324 e. The molecule has 2 aliphatic heterocycles. The molecule has 0 spiro atoms. The van der Waals surface area contributed by atoms with Crippen molar-refractivity contribution >= 4 is 41.9 Å². The highest BCUT2D eigenvalue weighted by Gasteiger charge is 2.28. The molecule has 0 aromatic heterocycles. The van der Waals surface area contributed by atoms with E-state index in [0.717, 1.165) is 38.7 Å². The van der Waals surface area contributed by atoms with Crippen molar-refractivity contribution < 1.29 is 9.59 Å². The van der Waals surface area contributed by atoms with Crippen LogP contribution in [0.1, 0.15) is 30.9 Å². The number of carbonyl (C=O) groups excluding carboxylic acids is 2. The standard InChI is InChI=1S/C21H32N6O2.HI/c1-16(2)18-6-4-17(5-7-18)15-25-10-12-26(13-11-25)20(22-3)23-8-9-27-19(28)14-24-21(27)29;/h4-7,16H,8-15H2,1-3H3,(H,22,23)(H,24,29);1H. The zero-order chi connectivity index (χ0) is 20.8. The van der Waals surface area contributed by atoms with Gasteiger partial charge in [0.1, 0.15) is 0 Å². The summed E-state index contributed by atoms with van der Waals surface area (Å²) in [6.45, 7) is 10.1. The van der Waals surface area contributed by atoms with Crippen LogP contribution >= 0.6 is 24.0 Å². The Kier molecular flexibility index (Phi) is 9.35. The fraction of sp³-hybridized carbons (Fsp3) is 0.571. The van der Waals surface area contributed by atoms with E-state index in [9.17, 15) is 9.59 Å². The lowest BCUT2D eigenvalue weighted by atomic mass is 10.0. The van der Waals surface area contributed by atoms with Crippen LogP contribution in [0.25, 0.3) is 0 Å². The molecular weight excluding hydrogens is 495 g/mol. The fourth-order valence-electron chi connectivity index (χ4n) is 3.68. The molecule has 166 valence electrons. The van der Waals surface area contributed by atoms with Crippen molar-refractivity contribution in [3.05, 3.63) is 35.4 Å². The van der Waals surface area contributed by atoms with Gasteiger partial charge in [-0.05, 0) is 17.0 Å². The number of benzene rings is 1. The highest BCUT2D eigenvalue weighted by Crippen LogP contribution is 2.16. The second-order valence-electron chi connectivity index (χ2n) is 7.84. The predicted molar refractivity (Wildman–Crippen MR) is 129 cm³/mol. The van der Waals surface area contributed by atoms with Gasteiger partial charge in [-0.3, -0.25) is 19.6 Å². The summed E-state index contributed by atoms with van der Waals surface area (Å²) in [5.41, 5.74) is 2.72. The second-order valence-corrected chi connectivity index (χ2v) is 7.84. The summed E-state index contributed by atoms with van der Waals surface area (Å²) in [4.78, 5) is 33.5. The van der Waals surface area contributed by atoms with Crippen LogP contribution in [0.5, 0.6) is 0 Å². The van der Waals surface area contributed by atoms with Gasteiger partial charge >= 0.3 is 6.03 Å². The lowest BCUT2D eigenvalue weighted by Crippen LogP contribution is -2.53. The van der Waals surface area contributed by atoms with Gasteiger partial charge < -0.3 is 15.5 Å². The minimum absolute atomic E-state index is 0. The van der Waals surface area contributed by atoms with Crippen molar-refractivity contribution in [1.29, 1.82) is 0 Å². The van der Waals surface area contributed by atoms with Crippen molar-refractivity contribution in [2.75, 3.05) is 52.9 Å². The third-order valence-corrected chi connectivity index (χ3v) is 5.49. The zero-order valence-electron chi connectivity index (χ0n) is 18.1. The van der Waals surface area contributed by atoms with Crippen LogP contribution in [-0.2, 0) is 11.3 Å². The minimum atomic E-state index is -0.318. The summed E-state index contributed by atoms with van der Waals surface area (Å²) < 4.78 is 0. The van der Waals surface area contributed by atoms with Gasteiger partial charge in [-0.2, -0.15) is 0 Å². The monoisotopic (exact) mass is 528 g/mol. The largest absolute Gasteiger partial charge is 0.354 e. The Labute approximate surface area is 196 Å². The van der Waals surface area contributed by atoms with E-state index < -0.39 is 0 Å². The molecule has 2 fully saturated rings. The van der Waals surface area contributed by atoms with Crippen molar-refractivity contribution in [1.82, 2.24) is 25.3 Å². The van der Waals surface area contributed by atoms with Crippen LogP contribution in [0.3, 0.4) is 0 Å². The number of hydrogen-bond acceptors (Lipinski definition) is 4. The number of nitrogens with one attached hydrogen (secondary N) is 2. The lowest BCUT2D eigenvalue weighted by molar-refractivity contribution is -0.124. The highest BCUT2D eigenvalue weighted by atomic mass is 127. The van der Waals surface area contributed by atoms with Gasteiger partial charge in [0, 0.05) is 52.9 Å². The van der Waals surface area contributed by atoms with Crippen LogP contribution in [0.15, 0.2) is 29.3 Å². The number of aliphatic imine (C=N–C) groups is 1. The van der Waals surface area contributed by atoms with Gasteiger partial charge in [0.2, 0.25) is 5.91 Å². The predicted octanol–water partition coefficient (Wildman–Crippen LogP) is 1.67. The molecule has 0 unspecified atom stereocenters. The Hall–Kier alpha value is -1.88. The molecule has 3 rings (SSSR count). The number of imide groups is 1. The number of halogens is 1. The summed E-state index contributed by atoms with van der Waals surface area (Å²) in [7, 11) is 1.76. The molecule has 3 amide bonds. The molecule has 9 heteroatoms. The fourth-order valence-corrected chi connectivity index (χ4v) is 3.68. The van der Waals surface area contributed by atoms with E-state index in [1.165, 1.54) is 16.0 Å². The van der Waals surface area contributed by atoms with Gasteiger partial charge in [-0.15, -0.1) is 24.0 Å². The first-order chi connectivity index (χ1) is 14.0. The molecule has 2 saturated heterocycles. The topological polar surface area (TPSA) is 80.3 Å². The van der Waals surface area contributed by atoms with Crippen molar-refractivity contribution in [2.24, 2.45) is 4.99 Å². The SMILES string of the molecule is CN=C(NCCN1C(=O)CNC1=O)N1CCN(Cc2ccc(C(C)C)cc2)CC1.I. The van der Waals surface area contributed by atoms with Crippen molar-refractivity contribution in [3.8, 4) is 0 Å². The van der Waals surface area contributed by atoms with E-state index in [4.69, 9.17) is 0 Å². The van der Waals surface area contributed by atoms with Gasteiger partial charge in [-0.25, -0.2) is 4.79 Å². The Morgan fingerprint density at radius 3 is 2.33 bits per heavy atom. The zero-order valence-corrected chi connectivity index (χ0v) is 20.4. The molecule has 30 heavy (non-hydrogen) atoms. The van der Waals surface area contributed by atoms with Crippen LogP contribution in [0.2, 0.25) is 0 Å². The number of nitrogens with zero attached hydrogens (tertiary/aromatic N) is 4. The van der Waals surface area contributed by atoms with Gasteiger partial charge in [0.15, 0.2) is 5.96 Å². The summed E-state index contributed by atoms with van der Waals surface area (Å²) >= 11 is 0. The van der Waals surface area contributed by atoms with E-state index in [2.05, 4.69) is 63.5 Å². The Morgan fingerprint density at radius 1 is 1.13 bits per heavy atom. The number of amides is 3. The maximum Gasteiger partial charge on any atom is 0.324 e. The molecule has 2 heterocycles. The Morgan fingerprint density at radius 2 is 1.80 bits per heavy atom. The average Bonchev–Trinajstić information content (AvgIpc) is 3.04. The number of carbonyl (C=O) groups is 2. The van der Waals surface area contributed by atoms with E-state index in [-0.39, 0.29) is 42.5 Å². The number of rotatable bonds is 6. The third-order valence-electron chi connectivity index (χ3n) is 5.49. The Bertz CT molecular complexity index is 728. The molecule has 1 aromatic rings. The molecule has 0 atom stereocenters. The second kappa shape index (κ2) is 11.5. The maximum atomic E-state index is 11.6. The molecule has 0 saturated carbocycles. The van der Waals surface area contributed by atoms with Gasteiger partial charge in [0.05, 0.1) is 6.54 Å². The van der Waals surface area contributed by atoms with Crippen molar-refractivity contribution in [3.63, 3.8) is 0 Å². The third kappa shape index (κ3) is 6.31. The van der Waals surface area contributed by atoms with E-state index in [1.807, 2.05) is 0 Å². The lowest BCUT2D eigenvalue weighted by Gasteiger charge is -2.36. The first kappa shape index (κ1) is 24.4. The van der Waals surface area contributed by atoms with Crippen LogP contribution < -0.4 is 10.6 Å². The quantitative estimate of drug-likeness (QED) is 0.254. The normalized spacial score (nSPS) is 17.9. The minimum Gasteiger partial charge on any atom is -0.354 e. The number of urea groups is 1. The van der Waals surface area contributed by atoms with Gasteiger partial charge in [0.25, 0.3) is 0 Å². The summed E-state index contributed by atoms with van der Waals surface area (Å²) in [5.74, 6) is 1.20. The average molecular weight is 528 g/mol. The highest BCUT2D eigenvalue weighted by molar-refractivity contribution is 14.0. The Balaban J connectivity index is 0.00000320. The molecule has 2 aliphatic rings. The molecule has 0 bridgehead atoms.